The van der Waals surface area contributed by atoms with E-state index in [0.29, 0.717) is 12.5 Å². The van der Waals surface area contributed by atoms with Crippen LogP contribution in [0.5, 0.6) is 11.6 Å². The first-order chi connectivity index (χ1) is 14.4. The van der Waals surface area contributed by atoms with Crippen molar-refractivity contribution in [2.45, 2.75) is 11.8 Å². The Morgan fingerprint density at radius 2 is 1.57 bits per heavy atom. The Bertz CT molecular complexity index is 1290. The van der Waals surface area contributed by atoms with Crippen molar-refractivity contribution in [3.63, 3.8) is 0 Å². The zero-order valence-electron chi connectivity index (χ0n) is 16.9. The minimum Gasteiger partial charge on any atom is -0.494 e. The van der Waals surface area contributed by atoms with Gasteiger partial charge in [-0.15, -0.1) is 14.8 Å². The molecule has 0 saturated heterocycles. The third-order valence-corrected chi connectivity index (χ3v) is 5.83. The Labute approximate surface area is 174 Å². The van der Waals surface area contributed by atoms with Gasteiger partial charge in [0.2, 0.25) is 5.88 Å². The highest BCUT2D eigenvalue weighted by atomic mass is 32.2. The van der Waals surface area contributed by atoms with Crippen molar-refractivity contribution >= 4 is 15.4 Å². The molecule has 30 heavy (non-hydrogen) atoms. The molecule has 4 aromatic rings. The van der Waals surface area contributed by atoms with E-state index in [0.717, 1.165) is 33.7 Å². The number of aromatic nitrogens is 3. The van der Waals surface area contributed by atoms with Crippen molar-refractivity contribution in [3.05, 3.63) is 60.7 Å². The van der Waals surface area contributed by atoms with Gasteiger partial charge in [0.1, 0.15) is 11.4 Å². The van der Waals surface area contributed by atoms with Gasteiger partial charge in [0, 0.05) is 23.4 Å². The molecule has 0 radical (unpaired) electrons. The van der Waals surface area contributed by atoms with Crippen LogP contribution in [0.2, 0.25) is 0 Å². The molecule has 7 nitrogen and oxygen atoms in total. The number of nitrogens with zero attached hydrogens (tertiary/aromatic N) is 3. The average Bonchev–Trinajstić information content (AvgIpc) is 3.12. The second-order valence-corrected chi connectivity index (χ2v) is 8.74. The van der Waals surface area contributed by atoms with Crippen molar-refractivity contribution in [2.24, 2.45) is 0 Å². The number of benzene rings is 2. The lowest BCUT2D eigenvalue weighted by molar-refractivity contribution is 0.340. The van der Waals surface area contributed by atoms with Crippen LogP contribution < -0.4 is 9.47 Å². The van der Waals surface area contributed by atoms with E-state index >= 15 is 0 Å². The topological polar surface area (TPSA) is 82.8 Å². The fourth-order valence-electron chi connectivity index (χ4n) is 3.26. The van der Waals surface area contributed by atoms with E-state index in [-0.39, 0.29) is 4.90 Å². The van der Waals surface area contributed by atoms with E-state index in [1.54, 1.807) is 37.4 Å². The SMILES string of the molecule is CCOc1ccc(-c2nn3nc(OC)ccc3c2-c2ccc(S(C)(=O)=O)cc2)cc1. The average molecular weight is 423 g/mol. The van der Waals surface area contributed by atoms with Crippen LogP contribution in [0.1, 0.15) is 6.92 Å². The van der Waals surface area contributed by atoms with Gasteiger partial charge < -0.3 is 9.47 Å². The zero-order valence-corrected chi connectivity index (χ0v) is 17.7. The van der Waals surface area contributed by atoms with Crippen LogP contribution in [-0.4, -0.2) is 43.2 Å². The lowest BCUT2D eigenvalue weighted by Crippen LogP contribution is -1.97. The predicted molar refractivity (Wildman–Crippen MR) is 115 cm³/mol. The summed E-state index contributed by atoms with van der Waals surface area (Å²) in [6.45, 7) is 2.53. The van der Waals surface area contributed by atoms with Crippen LogP contribution in [0.4, 0.5) is 0 Å². The molecule has 8 heteroatoms. The zero-order chi connectivity index (χ0) is 21.3. The second-order valence-electron chi connectivity index (χ2n) is 6.73. The molecule has 0 amide bonds. The number of hydrogen-bond acceptors (Lipinski definition) is 6. The minimum atomic E-state index is -3.28. The summed E-state index contributed by atoms with van der Waals surface area (Å²) in [4.78, 5) is 0.269. The van der Waals surface area contributed by atoms with E-state index in [4.69, 9.17) is 9.47 Å². The van der Waals surface area contributed by atoms with E-state index < -0.39 is 9.84 Å². The molecule has 0 spiro atoms. The largest absolute Gasteiger partial charge is 0.494 e. The summed E-state index contributed by atoms with van der Waals surface area (Å²) >= 11 is 0. The summed E-state index contributed by atoms with van der Waals surface area (Å²) < 4.78 is 36.0. The highest BCUT2D eigenvalue weighted by Crippen LogP contribution is 2.36. The maximum Gasteiger partial charge on any atom is 0.233 e. The fraction of sp³-hybridized carbons (Fsp3) is 0.182. The van der Waals surface area contributed by atoms with Crippen molar-refractivity contribution in [2.75, 3.05) is 20.0 Å². The first kappa shape index (κ1) is 19.9. The van der Waals surface area contributed by atoms with Crippen molar-refractivity contribution in [3.8, 4) is 34.0 Å². The number of ether oxygens (including phenoxy) is 2. The van der Waals surface area contributed by atoms with E-state index in [1.807, 2.05) is 37.3 Å². The Hall–Kier alpha value is -3.39. The molecule has 154 valence electrons. The van der Waals surface area contributed by atoms with Crippen LogP contribution in [0, 0.1) is 0 Å². The van der Waals surface area contributed by atoms with Crippen molar-refractivity contribution in [1.29, 1.82) is 0 Å². The summed E-state index contributed by atoms with van der Waals surface area (Å²) in [5.74, 6) is 1.23. The van der Waals surface area contributed by atoms with Crippen molar-refractivity contribution < 1.29 is 17.9 Å². The summed E-state index contributed by atoms with van der Waals surface area (Å²) in [6.07, 6.45) is 1.19. The minimum absolute atomic E-state index is 0.269. The lowest BCUT2D eigenvalue weighted by atomic mass is 10.00. The fourth-order valence-corrected chi connectivity index (χ4v) is 3.89. The standard InChI is InChI=1S/C22H21N3O4S/c1-4-29-17-9-5-16(6-10-17)22-21(15-7-11-18(12-8-15)30(3,26)27)19-13-14-20(28-2)23-25(19)24-22/h5-14H,4H2,1-3H3. The highest BCUT2D eigenvalue weighted by molar-refractivity contribution is 7.90. The van der Waals surface area contributed by atoms with E-state index in [2.05, 4.69) is 10.2 Å². The highest BCUT2D eigenvalue weighted by Gasteiger charge is 2.18. The maximum atomic E-state index is 11.8. The first-order valence-electron chi connectivity index (χ1n) is 9.38. The maximum absolute atomic E-state index is 11.8. The number of rotatable bonds is 6. The molecule has 0 aliphatic heterocycles. The van der Waals surface area contributed by atoms with Crippen LogP contribution in [-0.2, 0) is 9.84 Å². The number of sulfone groups is 1. The molecule has 0 N–H and O–H groups in total. The molecular weight excluding hydrogens is 402 g/mol. The molecule has 0 unspecified atom stereocenters. The summed E-state index contributed by atoms with van der Waals surface area (Å²) in [5.41, 5.74) is 4.10. The number of fused-ring (bicyclic) bond motifs is 1. The Kier molecular flexibility index (Phi) is 5.17. The van der Waals surface area contributed by atoms with Gasteiger partial charge >= 0.3 is 0 Å². The molecule has 0 aliphatic rings. The molecular formula is C22H21N3O4S. The van der Waals surface area contributed by atoms with Gasteiger partial charge in [0.05, 0.1) is 24.1 Å². The van der Waals surface area contributed by atoms with Gasteiger partial charge in [0.25, 0.3) is 0 Å². The Morgan fingerprint density at radius 3 is 2.17 bits per heavy atom. The molecule has 2 aromatic heterocycles. The number of methoxy groups -OCH3 is 1. The molecule has 0 bridgehead atoms. The lowest BCUT2D eigenvalue weighted by Gasteiger charge is -2.07. The normalized spacial score (nSPS) is 11.6. The predicted octanol–water partition coefficient (Wildman–Crippen LogP) is 3.87. The van der Waals surface area contributed by atoms with Crippen LogP contribution in [0.25, 0.3) is 27.9 Å². The molecule has 2 aromatic carbocycles. The van der Waals surface area contributed by atoms with Gasteiger partial charge in [-0.2, -0.15) is 0 Å². The van der Waals surface area contributed by atoms with Crippen molar-refractivity contribution in [1.82, 2.24) is 14.8 Å². The smallest absolute Gasteiger partial charge is 0.233 e. The third kappa shape index (κ3) is 3.73. The summed E-state index contributed by atoms with van der Waals surface area (Å²) in [7, 11) is -1.72. The molecule has 2 heterocycles. The van der Waals surface area contributed by atoms with Gasteiger partial charge in [0.15, 0.2) is 9.84 Å². The van der Waals surface area contributed by atoms with Gasteiger partial charge in [-0.1, -0.05) is 12.1 Å². The Morgan fingerprint density at radius 1 is 0.900 bits per heavy atom. The summed E-state index contributed by atoms with van der Waals surface area (Å²) in [6, 6.07) is 18.1. The summed E-state index contributed by atoms with van der Waals surface area (Å²) in [5, 5.41) is 9.07. The third-order valence-electron chi connectivity index (χ3n) is 4.70. The quantitative estimate of drug-likeness (QED) is 0.468. The molecule has 4 rings (SSSR count). The molecule has 0 atom stereocenters. The molecule has 0 fully saturated rings. The van der Waals surface area contributed by atoms with Crippen LogP contribution in [0.3, 0.4) is 0 Å². The molecule has 0 aliphatic carbocycles. The van der Waals surface area contributed by atoms with Crippen LogP contribution >= 0.6 is 0 Å². The molecule has 0 saturated carbocycles. The monoisotopic (exact) mass is 423 g/mol. The van der Waals surface area contributed by atoms with Gasteiger partial charge in [-0.3, -0.25) is 0 Å². The second kappa shape index (κ2) is 7.79. The Balaban J connectivity index is 1.91. The van der Waals surface area contributed by atoms with E-state index in [1.165, 1.54) is 10.9 Å². The van der Waals surface area contributed by atoms with Crippen LogP contribution in [0.15, 0.2) is 65.6 Å². The van der Waals surface area contributed by atoms with E-state index in [9.17, 15) is 8.42 Å². The first-order valence-corrected chi connectivity index (χ1v) is 11.3. The van der Waals surface area contributed by atoms with Gasteiger partial charge in [-0.25, -0.2) is 8.42 Å². The number of hydrogen-bond donors (Lipinski definition) is 0. The van der Waals surface area contributed by atoms with Gasteiger partial charge in [-0.05, 0) is 55.0 Å².